The quantitative estimate of drug-likeness (QED) is 0.399. The number of ether oxygens (including phenoxy) is 2. The van der Waals surface area contributed by atoms with Gasteiger partial charge in [0, 0.05) is 43.7 Å². The fraction of sp³-hybridized carbons (Fsp3) is 0.368. The van der Waals surface area contributed by atoms with Gasteiger partial charge in [0.2, 0.25) is 21.7 Å². The van der Waals surface area contributed by atoms with Crippen LogP contribution in [0.15, 0.2) is 46.2 Å². The molecule has 11 nitrogen and oxygen atoms in total. The summed E-state index contributed by atoms with van der Waals surface area (Å²) in [7, 11) is -3.67. The maximum absolute atomic E-state index is 12.6. The molecule has 1 aliphatic rings. The minimum absolute atomic E-state index is 0.0233. The zero-order chi connectivity index (χ0) is 21.7. The summed E-state index contributed by atoms with van der Waals surface area (Å²) in [5, 5.41) is 3.90. The van der Waals surface area contributed by atoms with E-state index in [2.05, 4.69) is 20.1 Å². The minimum Gasteiger partial charge on any atom is -0.461 e. The number of aromatic nitrogens is 4. The molecule has 0 saturated carbocycles. The van der Waals surface area contributed by atoms with E-state index in [1.54, 1.807) is 18.5 Å². The summed E-state index contributed by atoms with van der Waals surface area (Å²) in [6.45, 7) is 1.38. The molecule has 3 aromatic heterocycles. The Kier molecular flexibility index (Phi) is 6.39. The largest absolute Gasteiger partial charge is 0.461 e. The van der Waals surface area contributed by atoms with Crippen molar-refractivity contribution in [3.63, 3.8) is 0 Å². The number of H-pyrrole nitrogens is 1. The van der Waals surface area contributed by atoms with Gasteiger partial charge in [0.1, 0.15) is 10.6 Å². The van der Waals surface area contributed by atoms with Crippen LogP contribution in [0.3, 0.4) is 0 Å². The fourth-order valence-corrected chi connectivity index (χ4v) is 4.41. The van der Waals surface area contributed by atoms with E-state index in [1.807, 2.05) is 6.07 Å². The number of esters is 1. The average Bonchev–Trinajstić information content (AvgIpc) is 3.48. The van der Waals surface area contributed by atoms with Crippen LogP contribution >= 0.6 is 0 Å². The molecule has 1 N–H and O–H groups in total. The molecular weight excluding hydrogens is 426 g/mol. The van der Waals surface area contributed by atoms with Gasteiger partial charge in [0.05, 0.1) is 19.8 Å². The Labute approximate surface area is 178 Å². The third kappa shape index (κ3) is 4.98. The summed E-state index contributed by atoms with van der Waals surface area (Å²) in [6, 6.07) is 4.89. The first-order valence-electron chi connectivity index (χ1n) is 9.70. The number of hydrogen-bond donors (Lipinski definition) is 1. The van der Waals surface area contributed by atoms with Gasteiger partial charge in [-0.2, -0.15) is 9.29 Å². The fourth-order valence-electron chi connectivity index (χ4n) is 3.01. The maximum atomic E-state index is 12.6. The number of pyridine rings is 1. The highest BCUT2D eigenvalue weighted by molar-refractivity contribution is 7.89. The average molecular weight is 447 g/mol. The van der Waals surface area contributed by atoms with Crippen LogP contribution in [0, 0.1) is 0 Å². The van der Waals surface area contributed by atoms with Crippen LogP contribution in [-0.4, -0.2) is 71.7 Å². The van der Waals surface area contributed by atoms with Crippen molar-refractivity contribution in [3.05, 3.63) is 48.4 Å². The number of carbonyl (C=O) groups excluding carboxylic acids is 1. The number of rotatable bonds is 8. The van der Waals surface area contributed by atoms with E-state index in [-0.39, 0.29) is 30.3 Å². The lowest BCUT2D eigenvalue weighted by molar-refractivity contribution is 0.0492. The third-order valence-electron chi connectivity index (χ3n) is 4.64. The molecule has 0 spiro atoms. The molecule has 1 aliphatic heterocycles. The predicted octanol–water partition coefficient (Wildman–Crippen LogP) is 1.27. The number of hydrogen-bond acceptors (Lipinski definition) is 9. The van der Waals surface area contributed by atoms with E-state index in [1.165, 1.54) is 16.6 Å². The number of sulfonamides is 1. The highest BCUT2D eigenvalue weighted by Gasteiger charge is 2.28. The second-order valence-electron chi connectivity index (χ2n) is 6.76. The monoisotopic (exact) mass is 447 g/mol. The van der Waals surface area contributed by atoms with Crippen molar-refractivity contribution in [2.24, 2.45) is 0 Å². The second kappa shape index (κ2) is 9.37. The number of carbonyl (C=O) groups is 1. The van der Waals surface area contributed by atoms with Gasteiger partial charge in [-0.1, -0.05) is 5.16 Å². The molecule has 0 amide bonds. The first kappa shape index (κ1) is 21.2. The van der Waals surface area contributed by atoms with E-state index in [4.69, 9.17) is 14.0 Å². The summed E-state index contributed by atoms with van der Waals surface area (Å²) in [5.74, 6) is 0.235. The van der Waals surface area contributed by atoms with E-state index >= 15 is 0 Å². The molecule has 0 aromatic carbocycles. The smallest absolute Gasteiger partial charge is 0.354 e. The molecule has 3 aromatic rings. The Morgan fingerprint density at radius 1 is 1.29 bits per heavy atom. The predicted molar refractivity (Wildman–Crippen MR) is 107 cm³/mol. The van der Waals surface area contributed by atoms with E-state index in [0.717, 1.165) is 5.56 Å². The zero-order valence-corrected chi connectivity index (χ0v) is 17.4. The van der Waals surface area contributed by atoms with Crippen LogP contribution in [0.25, 0.3) is 11.4 Å². The number of nitrogens with zero attached hydrogens (tertiary/aromatic N) is 4. The summed E-state index contributed by atoms with van der Waals surface area (Å²) in [6.07, 6.45) is 5.49. The summed E-state index contributed by atoms with van der Waals surface area (Å²) < 4.78 is 42.2. The standard InChI is InChI=1S/C19H21N5O6S/c25-19(16-11-15(13-21-16)31(26,27)24-6-9-28-10-7-24)29-8-2-4-17-22-18(23-30-17)14-3-1-5-20-12-14/h1,3,5,11-13,21H,2,4,6-10H2. The Morgan fingerprint density at radius 3 is 2.90 bits per heavy atom. The molecule has 0 radical (unpaired) electrons. The summed E-state index contributed by atoms with van der Waals surface area (Å²) in [4.78, 5) is 23.2. The summed E-state index contributed by atoms with van der Waals surface area (Å²) in [5.41, 5.74) is 0.821. The molecule has 12 heteroatoms. The Morgan fingerprint density at radius 2 is 2.13 bits per heavy atom. The van der Waals surface area contributed by atoms with Crippen molar-refractivity contribution in [2.75, 3.05) is 32.9 Å². The Bertz CT molecular complexity index is 1120. The van der Waals surface area contributed by atoms with Crippen molar-refractivity contribution in [1.82, 2.24) is 24.4 Å². The molecule has 4 heterocycles. The van der Waals surface area contributed by atoms with Crippen LogP contribution < -0.4 is 0 Å². The number of nitrogens with one attached hydrogen (secondary N) is 1. The van der Waals surface area contributed by atoms with Crippen molar-refractivity contribution in [2.45, 2.75) is 17.7 Å². The van der Waals surface area contributed by atoms with Crippen LogP contribution in [0.2, 0.25) is 0 Å². The van der Waals surface area contributed by atoms with Gasteiger partial charge in [-0.3, -0.25) is 4.98 Å². The minimum atomic E-state index is -3.67. The van der Waals surface area contributed by atoms with Gasteiger partial charge in [0.25, 0.3) is 0 Å². The normalized spacial score (nSPS) is 15.1. The van der Waals surface area contributed by atoms with E-state index in [0.29, 0.717) is 37.8 Å². The first-order valence-corrected chi connectivity index (χ1v) is 11.1. The second-order valence-corrected chi connectivity index (χ2v) is 8.70. The van der Waals surface area contributed by atoms with Gasteiger partial charge in [-0.15, -0.1) is 0 Å². The topological polar surface area (TPSA) is 141 Å². The third-order valence-corrected chi connectivity index (χ3v) is 6.52. The lowest BCUT2D eigenvalue weighted by Crippen LogP contribution is -2.40. The van der Waals surface area contributed by atoms with E-state index in [9.17, 15) is 13.2 Å². The molecule has 31 heavy (non-hydrogen) atoms. The molecule has 0 aliphatic carbocycles. The molecule has 4 rings (SSSR count). The van der Waals surface area contributed by atoms with Crippen LogP contribution in [0.1, 0.15) is 22.8 Å². The van der Waals surface area contributed by atoms with E-state index < -0.39 is 16.0 Å². The zero-order valence-electron chi connectivity index (χ0n) is 16.6. The first-order chi connectivity index (χ1) is 15.0. The number of aromatic amines is 1. The molecule has 0 atom stereocenters. The van der Waals surface area contributed by atoms with Gasteiger partial charge >= 0.3 is 5.97 Å². The molecule has 1 fully saturated rings. The maximum Gasteiger partial charge on any atom is 0.354 e. The molecule has 0 unspecified atom stereocenters. The molecule has 164 valence electrons. The molecule has 0 bridgehead atoms. The van der Waals surface area contributed by atoms with Gasteiger partial charge in [0.15, 0.2) is 0 Å². The van der Waals surface area contributed by atoms with Crippen molar-refractivity contribution >= 4 is 16.0 Å². The number of aryl methyl sites for hydroxylation is 1. The van der Waals surface area contributed by atoms with Crippen LogP contribution in [0.4, 0.5) is 0 Å². The SMILES string of the molecule is O=C(OCCCc1nc(-c2cccnc2)no1)c1cc(S(=O)(=O)N2CCOCC2)c[nH]1. The van der Waals surface area contributed by atoms with Crippen molar-refractivity contribution < 1.29 is 27.2 Å². The van der Waals surface area contributed by atoms with Crippen molar-refractivity contribution in [1.29, 1.82) is 0 Å². The lowest BCUT2D eigenvalue weighted by atomic mass is 10.3. The van der Waals surface area contributed by atoms with Gasteiger partial charge < -0.3 is 19.0 Å². The van der Waals surface area contributed by atoms with Gasteiger partial charge in [-0.05, 0) is 24.6 Å². The Balaban J connectivity index is 1.27. The Hall–Kier alpha value is -3.09. The lowest BCUT2D eigenvalue weighted by Gasteiger charge is -2.25. The molecular formula is C19H21N5O6S. The number of morpholine rings is 1. The van der Waals surface area contributed by atoms with Gasteiger partial charge in [-0.25, -0.2) is 13.2 Å². The van der Waals surface area contributed by atoms with Crippen LogP contribution in [-0.2, 0) is 25.9 Å². The molecule has 1 saturated heterocycles. The van der Waals surface area contributed by atoms with Crippen molar-refractivity contribution in [3.8, 4) is 11.4 Å². The van der Waals surface area contributed by atoms with Crippen LogP contribution in [0.5, 0.6) is 0 Å². The highest BCUT2D eigenvalue weighted by Crippen LogP contribution is 2.19. The highest BCUT2D eigenvalue weighted by atomic mass is 32.2. The summed E-state index contributed by atoms with van der Waals surface area (Å²) >= 11 is 0.